The molecule has 2 aromatic heterocycles. The summed E-state index contributed by atoms with van der Waals surface area (Å²) in [5.74, 6) is 0.607. The van der Waals surface area contributed by atoms with E-state index in [4.69, 9.17) is 0 Å². The van der Waals surface area contributed by atoms with Gasteiger partial charge in [-0.25, -0.2) is 9.97 Å². The Bertz CT molecular complexity index is 860. The molecule has 0 aliphatic carbocycles. The van der Waals surface area contributed by atoms with E-state index >= 15 is 0 Å². The van der Waals surface area contributed by atoms with E-state index in [1.165, 1.54) is 0 Å². The molecule has 0 radical (unpaired) electrons. The summed E-state index contributed by atoms with van der Waals surface area (Å²) in [6.07, 6.45) is 2.71. The first-order valence-corrected chi connectivity index (χ1v) is 8.16. The van der Waals surface area contributed by atoms with E-state index in [0.29, 0.717) is 17.9 Å². The van der Waals surface area contributed by atoms with Gasteiger partial charge >= 0.3 is 6.18 Å². The standard InChI is InChI=1S/C18H18F3N5O/c1-26-10-15(9-25-26)17-23-7-14(8-24-17)6-22-16-4-2-13(3-5-16)11-27-12-18(19,20)21/h2-5,7-10,22H,6,11-12H2,1H3. The molecule has 1 aromatic carbocycles. The van der Waals surface area contributed by atoms with Gasteiger partial charge in [-0.2, -0.15) is 18.3 Å². The number of hydrogen-bond acceptors (Lipinski definition) is 5. The first kappa shape index (κ1) is 18.8. The fraction of sp³-hybridized carbons (Fsp3) is 0.278. The van der Waals surface area contributed by atoms with E-state index in [1.54, 1.807) is 47.5 Å². The van der Waals surface area contributed by atoms with Crippen molar-refractivity contribution in [3.8, 4) is 11.4 Å². The van der Waals surface area contributed by atoms with Crippen molar-refractivity contribution >= 4 is 5.69 Å². The second-order valence-electron chi connectivity index (χ2n) is 5.98. The Balaban J connectivity index is 1.49. The molecule has 0 atom stereocenters. The molecule has 6 nitrogen and oxygen atoms in total. The number of nitrogens with one attached hydrogen (secondary N) is 1. The first-order valence-electron chi connectivity index (χ1n) is 8.16. The number of halogens is 3. The summed E-state index contributed by atoms with van der Waals surface area (Å²) in [7, 11) is 1.83. The second-order valence-corrected chi connectivity index (χ2v) is 5.98. The minimum Gasteiger partial charge on any atom is -0.381 e. The highest BCUT2D eigenvalue weighted by molar-refractivity contribution is 5.51. The number of benzene rings is 1. The van der Waals surface area contributed by atoms with Crippen molar-refractivity contribution in [3.63, 3.8) is 0 Å². The normalized spacial score (nSPS) is 11.6. The molecule has 0 saturated carbocycles. The zero-order valence-corrected chi connectivity index (χ0v) is 14.6. The van der Waals surface area contributed by atoms with Gasteiger partial charge in [0.05, 0.1) is 18.4 Å². The van der Waals surface area contributed by atoms with Gasteiger partial charge in [-0.1, -0.05) is 12.1 Å². The zero-order chi connectivity index (χ0) is 19.3. The molecule has 2 heterocycles. The van der Waals surface area contributed by atoms with E-state index in [-0.39, 0.29) is 6.61 Å². The summed E-state index contributed by atoms with van der Waals surface area (Å²) in [6.45, 7) is -0.803. The van der Waals surface area contributed by atoms with Gasteiger partial charge in [-0.05, 0) is 17.7 Å². The summed E-state index contributed by atoms with van der Waals surface area (Å²) in [5.41, 5.74) is 3.26. The molecular weight excluding hydrogens is 359 g/mol. The molecule has 0 aliphatic rings. The molecular formula is C18H18F3N5O. The van der Waals surface area contributed by atoms with Crippen molar-refractivity contribution < 1.29 is 17.9 Å². The lowest BCUT2D eigenvalue weighted by atomic mass is 10.2. The Morgan fingerprint density at radius 1 is 1.04 bits per heavy atom. The predicted molar refractivity (Wildman–Crippen MR) is 93.7 cm³/mol. The summed E-state index contributed by atoms with van der Waals surface area (Å²) in [4.78, 5) is 8.66. The lowest BCUT2D eigenvalue weighted by Gasteiger charge is -2.09. The van der Waals surface area contributed by atoms with Crippen LogP contribution in [0.3, 0.4) is 0 Å². The van der Waals surface area contributed by atoms with Crippen molar-refractivity contribution in [2.24, 2.45) is 7.05 Å². The number of alkyl halides is 3. The van der Waals surface area contributed by atoms with Gasteiger partial charge in [-0.3, -0.25) is 4.68 Å². The zero-order valence-electron chi connectivity index (χ0n) is 14.6. The molecule has 0 spiro atoms. The Kier molecular flexibility index (Phi) is 5.70. The van der Waals surface area contributed by atoms with Gasteiger partial charge in [0.15, 0.2) is 5.82 Å². The molecule has 142 valence electrons. The van der Waals surface area contributed by atoms with Crippen LogP contribution in [0, 0.1) is 0 Å². The lowest BCUT2D eigenvalue weighted by Crippen LogP contribution is -2.16. The van der Waals surface area contributed by atoms with Gasteiger partial charge < -0.3 is 10.1 Å². The molecule has 3 aromatic rings. The van der Waals surface area contributed by atoms with Crippen LogP contribution in [0.1, 0.15) is 11.1 Å². The maximum Gasteiger partial charge on any atom is 0.411 e. The highest BCUT2D eigenvalue weighted by atomic mass is 19.4. The number of ether oxygens (including phenoxy) is 1. The Morgan fingerprint density at radius 2 is 1.74 bits per heavy atom. The minimum absolute atomic E-state index is 0.0799. The molecule has 0 fully saturated rings. The van der Waals surface area contributed by atoms with Gasteiger partial charge in [0.1, 0.15) is 6.61 Å². The maximum absolute atomic E-state index is 12.1. The van der Waals surface area contributed by atoms with Crippen LogP contribution in [0.2, 0.25) is 0 Å². The highest BCUT2D eigenvalue weighted by Crippen LogP contribution is 2.17. The molecule has 0 saturated heterocycles. The number of aryl methyl sites for hydroxylation is 1. The van der Waals surface area contributed by atoms with Crippen LogP contribution < -0.4 is 5.32 Å². The average molecular weight is 377 g/mol. The van der Waals surface area contributed by atoms with Crippen LogP contribution in [-0.2, 0) is 24.9 Å². The highest BCUT2D eigenvalue weighted by Gasteiger charge is 2.27. The summed E-state index contributed by atoms with van der Waals surface area (Å²) >= 11 is 0. The third kappa shape index (κ3) is 5.78. The minimum atomic E-state index is -4.31. The molecule has 0 unspecified atom stereocenters. The molecule has 27 heavy (non-hydrogen) atoms. The topological polar surface area (TPSA) is 64.9 Å². The predicted octanol–water partition coefficient (Wildman–Crippen LogP) is 3.57. The number of aromatic nitrogens is 4. The molecule has 1 N–H and O–H groups in total. The molecule has 3 rings (SSSR count). The van der Waals surface area contributed by atoms with Crippen LogP contribution in [0.5, 0.6) is 0 Å². The van der Waals surface area contributed by atoms with E-state index in [1.807, 2.05) is 13.2 Å². The van der Waals surface area contributed by atoms with Crippen molar-refractivity contribution in [3.05, 3.63) is 60.2 Å². The van der Waals surface area contributed by atoms with E-state index in [9.17, 15) is 13.2 Å². The number of hydrogen-bond donors (Lipinski definition) is 1. The molecule has 0 amide bonds. The fourth-order valence-electron chi connectivity index (χ4n) is 2.34. The monoisotopic (exact) mass is 377 g/mol. The summed E-state index contributed by atoms with van der Waals surface area (Å²) in [6, 6.07) is 7.02. The van der Waals surface area contributed by atoms with E-state index < -0.39 is 12.8 Å². The fourth-order valence-corrected chi connectivity index (χ4v) is 2.34. The number of rotatable bonds is 7. The van der Waals surface area contributed by atoms with Crippen LogP contribution in [0.15, 0.2) is 49.1 Å². The first-order chi connectivity index (χ1) is 12.9. The quantitative estimate of drug-likeness (QED) is 0.682. The van der Waals surface area contributed by atoms with Crippen molar-refractivity contribution in [1.82, 2.24) is 19.7 Å². The summed E-state index contributed by atoms with van der Waals surface area (Å²) in [5, 5.41) is 7.30. The second kappa shape index (κ2) is 8.17. The third-order valence-corrected chi connectivity index (χ3v) is 3.65. The van der Waals surface area contributed by atoms with Gasteiger partial charge in [0.25, 0.3) is 0 Å². The van der Waals surface area contributed by atoms with Crippen LogP contribution in [-0.4, -0.2) is 32.5 Å². The molecule has 0 aliphatic heterocycles. The van der Waals surface area contributed by atoms with Crippen LogP contribution >= 0.6 is 0 Å². The van der Waals surface area contributed by atoms with E-state index in [2.05, 4.69) is 25.1 Å². The van der Waals surface area contributed by atoms with Gasteiger partial charge in [0, 0.05) is 43.4 Å². The maximum atomic E-state index is 12.1. The third-order valence-electron chi connectivity index (χ3n) is 3.65. The van der Waals surface area contributed by atoms with Crippen molar-refractivity contribution in [2.75, 3.05) is 11.9 Å². The van der Waals surface area contributed by atoms with Gasteiger partial charge in [0.2, 0.25) is 0 Å². The summed E-state index contributed by atoms with van der Waals surface area (Å²) < 4.78 is 42.5. The van der Waals surface area contributed by atoms with E-state index in [0.717, 1.165) is 16.8 Å². The average Bonchev–Trinajstić information content (AvgIpc) is 3.07. The Hall–Kier alpha value is -2.94. The van der Waals surface area contributed by atoms with Crippen LogP contribution in [0.25, 0.3) is 11.4 Å². The van der Waals surface area contributed by atoms with Crippen LogP contribution in [0.4, 0.5) is 18.9 Å². The Labute approximate surface area is 154 Å². The number of nitrogens with zero attached hydrogens (tertiary/aromatic N) is 4. The number of anilines is 1. The lowest BCUT2D eigenvalue weighted by molar-refractivity contribution is -0.176. The Morgan fingerprint density at radius 3 is 2.33 bits per heavy atom. The molecule has 9 heteroatoms. The van der Waals surface area contributed by atoms with Gasteiger partial charge in [-0.15, -0.1) is 0 Å². The SMILES string of the molecule is Cn1cc(-c2ncc(CNc3ccc(COCC(F)(F)F)cc3)cn2)cn1. The van der Waals surface area contributed by atoms with Crippen molar-refractivity contribution in [2.45, 2.75) is 19.3 Å². The molecule has 0 bridgehead atoms. The smallest absolute Gasteiger partial charge is 0.381 e. The largest absolute Gasteiger partial charge is 0.411 e. The van der Waals surface area contributed by atoms with Crippen molar-refractivity contribution in [1.29, 1.82) is 0 Å².